The molecule has 1 aliphatic heterocycles. The van der Waals surface area contributed by atoms with Crippen LogP contribution in [0.3, 0.4) is 0 Å². The largest absolute Gasteiger partial charge is 0.322 e. The minimum Gasteiger partial charge on any atom is -0.322 e. The summed E-state index contributed by atoms with van der Waals surface area (Å²) in [5, 5.41) is 2.89. The second-order valence-corrected chi connectivity index (χ2v) is 9.40. The van der Waals surface area contributed by atoms with Crippen molar-refractivity contribution in [3.63, 3.8) is 0 Å². The molecule has 0 unspecified atom stereocenters. The molecule has 6 heteroatoms. The lowest BCUT2D eigenvalue weighted by Gasteiger charge is -2.30. The summed E-state index contributed by atoms with van der Waals surface area (Å²) in [5.41, 5.74) is 4.83. The fourth-order valence-electron chi connectivity index (χ4n) is 3.75. The molecule has 3 aromatic rings. The number of benzene rings is 3. The van der Waals surface area contributed by atoms with E-state index in [4.69, 9.17) is 0 Å². The van der Waals surface area contributed by atoms with Crippen LogP contribution in [0.2, 0.25) is 0 Å². The first kappa shape index (κ1) is 20.2. The van der Waals surface area contributed by atoms with Crippen LogP contribution in [0.5, 0.6) is 0 Å². The molecule has 0 fully saturated rings. The molecule has 1 aliphatic rings. The van der Waals surface area contributed by atoms with E-state index < -0.39 is 10.0 Å². The van der Waals surface area contributed by atoms with Gasteiger partial charge in [-0.1, -0.05) is 36.4 Å². The zero-order chi connectivity index (χ0) is 21.3. The van der Waals surface area contributed by atoms with Crippen molar-refractivity contribution in [1.29, 1.82) is 0 Å². The first-order chi connectivity index (χ1) is 14.4. The molecule has 0 saturated heterocycles. The molecule has 3 aromatic carbocycles. The number of amides is 1. The maximum Gasteiger partial charge on any atom is 0.264 e. The highest BCUT2D eigenvalue weighted by atomic mass is 32.2. The number of fused-ring (bicyclic) bond motifs is 1. The van der Waals surface area contributed by atoms with Crippen LogP contribution in [0.4, 0.5) is 11.4 Å². The summed E-state index contributed by atoms with van der Waals surface area (Å²) in [6, 6.07) is 19.5. The zero-order valence-corrected chi connectivity index (χ0v) is 17.9. The second kappa shape index (κ2) is 7.95. The van der Waals surface area contributed by atoms with Gasteiger partial charge in [0.25, 0.3) is 15.9 Å². The minimum atomic E-state index is -3.77. The molecule has 0 aliphatic carbocycles. The fourth-order valence-corrected chi connectivity index (χ4v) is 5.34. The summed E-state index contributed by atoms with van der Waals surface area (Å²) in [4.78, 5) is 12.9. The number of rotatable bonds is 4. The topological polar surface area (TPSA) is 66.5 Å². The van der Waals surface area contributed by atoms with E-state index in [0.717, 1.165) is 35.2 Å². The maximum absolute atomic E-state index is 13.4. The Morgan fingerprint density at radius 1 is 0.967 bits per heavy atom. The molecule has 0 spiro atoms. The van der Waals surface area contributed by atoms with Crippen molar-refractivity contribution in [2.45, 2.75) is 31.6 Å². The predicted molar refractivity (Wildman–Crippen MR) is 120 cm³/mol. The highest BCUT2D eigenvalue weighted by Gasteiger charge is 2.29. The molecule has 0 saturated carbocycles. The number of nitrogens with zero attached hydrogens (tertiary/aromatic N) is 1. The molecule has 0 aromatic heterocycles. The fraction of sp³-hybridized carbons (Fsp3) is 0.208. The predicted octanol–water partition coefficient (Wildman–Crippen LogP) is 4.70. The first-order valence-corrected chi connectivity index (χ1v) is 11.4. The normalized spacial score (nSPS) is 13.6. The van der Waals surface area contributed by atoms with Gasteiger partial charge in [0, 0.05) is 17.8 Å². The van der Waals surface area contributed by atoms with Crippen LogP contribution in [-0.2, 0) is 16.4 Å². The number of anilines is 2. The van der Waals surface area contributed by atoms with Gasteiger partial charge in [-0.2, -0.15) is 0 Å². The quantitative estimate of drug-likeness (QED) is 0.665. The van der Waals surface area contributed by atoms with Gasteiger partial charge in [-0.3, -0.25) is 9.10 Å². The Bertz CT molecular complexity index is 1220. The molecule has 0 atom stereocenters. The summed E-state index contributed by atoms with van der Waals surface area (Å²) in [7, 11) is -3.77. The van der Waals surface area contributed by atoms with E-state index in [2.05, 4.69) is 5.32 Å². The molecule has 1 amide bonds. The van der Waals surface area contributed by atoms with Crippen molar-refractivity contribution in [2.75, 3.05) is 16.2 Å². The van der Waals surface area contributed by atoms with Gasteiger partial charge in [-0.15, -0.1) is 0 Å². The van der Waals surface area contributed by atoms with Crippen molar-refractivity contribution in [2.24, 2.45) is 0 Å². The van der Waals surface area contributed by atoms with Crippen LogP contribution in [-0.4, -0.2) is 20.9 Å². The van der Waals surface area contributed by atoms with E-state index in [-0.39, 0.29) is 10.8 Å². The van der Waals surface area contributed by atoms with Gasteiger partial charge in [-0.05, 0) is 73.7 Å². The Labute approximate surface area is 177 Å². The third-order valence-corrected chi connectivity index (χ3v) is 7.41. The highest BCUT2D eigenvalue weighted by Crippen LogP contribution is 2.32. The molecule has 154 valence electrons. The van der Waals surface area contributed by atoms with Crippen LogP contribution in [0, 0.1) is 13.8 Å². The lowest BCUT2D eigenvalue weighted by Crippen LogP contribution is -2.35. The number of nitrogens with one attached hydrogen (secondary N) is 1. The molecule has 0 bridgehead atoms. The van der Waals surface area contributed by atoms with Gasteiger partial charge >= 0.3 is 0 Å². The van der Waals surface area contributed by atoms with Crippen LogP contribution >= 0.6 is 0 Å². The molecule has 30 heavy (non-hydrogen) atoms. The van der Waals surface area contributed by atoms with Crippen molar-refractivity contribution >= 4 is 27.3 Å². The molecular formula is C24H24N2O3S. The number of carbonyl (C=O) groups excluding carboxylic acids is 1. The molecule has 4 rings (SSSR count). The second-order valence-electron chi connectivity index (χ2n) is 7.54. The van der Waals surface area contributed by atoms with Crippen molar-refractivity contribution in [1.82, 2.24) is 0 Å². The Kier molecular flexibility index (Phi) is 5.35. The van der Waals surface area contributed by atoms with E-state index >= 15 is 0 Å². The van der Waals surface area contributed by atoms with Gasteiger partial charge in [-0.25, -0.2) is 8.42 Å². The van der Waals surface area contributed by atoms with Crippen LogP contribution in [0.25, 0.3) is 0 Å². The summed E-state index contributed by atoms with van der Waals surface area (Å²) in [6.07, 6.45) is 1.63. The van der Waals surface area contributed by atoms with Crippen molar-refractivity contribution in [3.8, 4) is 0 Å². The van der Waals surface area contributed by atoms with E-state index in [1.54, 1.807) is 18.2 Å². The molecule has 5 nitrogen and oxygen atoms in total. The molecule has 1 heterocycles. The standard InChI is InChI=1S/C24H24N2O3S/c1-17-8-5-13-22(18(17)2)25-24(27)20-10-6-12-21(16-20)30(28,29)26-15-7-11-19-9-3-4-14-23(19)26/h3-6,8-10,12-14,16H,7,11,15H2,1-2H3,(H,25,27). The Morgan fingerprint density at radius 2 is 1.73 bits per heavy atom. The number of sulfonamides is 1. The number of para-hydroxylation sites is 1. The van der Waals surface area contributed by atoms with E-state index in [0.29, 0.717) is 17.8 Å². The first-order valence-electron chi connectivity index (χ1n) is 9.96. The zero-order valence-electron chi connectivity index (χ0n) is 17.1. The third kappa shape index (κ3) is 3.71. The minimum absolute atomic E-state index is 0.118. The number of hydrogen-bond donors (Lipinski definition) is 1. The van der Waals surface area contributed by atoms with E-state index in [1.807, 2.05) is 56.3 Å². The lowest BCUT2D eigenvalue weighted by atomic mass is 10.0. The smallest absolute Gasteiger partial charge is 0.264 e. The number of aryl methyl sites for hydroxylation is 2. The average Bonchev–Trinajstić information content (AvgIpc) is 2.76. The van der Waals surface area contributed by atoms with Gasteiger partial charge < -0.3 is 5.32 Å². The molecule has 1 N–H and O–H groups in total. The van der Waals surface area contributed by atoms with Gasteiger partial charge in [0.2, 0.25) is 0 Å². The Balaban J connectivity index is 1.65. The van der Waals surface area contributed by atoms with E-state index in [1.165, 1.54) is 10.4 Å². The third-order valence-electron chi connectivity index (χ3n) is 5.60. The monoisotopic (exact) mass is 420 g/mol. The molecule has 0 radical (unpaired) electrons. The summed E-state index contributed by atoms with van der Waals surface area (Å²) in [6.45, 7) is 4.35. The van der Waals surface area contributed by atoms with Crippen molar-refractivity contribution < 1.29 is 13.2 Å². The van der Waals surface area contributed by atoms with Crippen LogP contribution in [0.1, 0.15) is 33.5 Å². The summed E-state index contributed by atoms with van der Waals surface area (Å²) < 4.78 is 28.2. The SMILES string of the molecule is Cc1cccc(NC(=O)c2cccc(S(=O)(=O)N3CCCc4ccccc43)c2)c1C. The highest BCUT2D eigenvalue weighted by molar-refractivity contribution is 7.92. The Hall–Kier alpha value is -3.12. The van der Waals surface area contributed by atoms with E-state index in [9.17, 15) is 13.2 Å². The number of hydrogen-bond acceptors (Lipinski definition) is 3. The summed E-state index contributed by atoms with van der Waals surface area (Å²) in [5.74, 6) is -0.334. The van der Waals surface area contributed by atoms with Gasteiger partial charge in [0.15, 0.2) is 0 Å². The summed E-state index contributed by atoms with van der Waals surface area (Å²) >= 11 is 0. The molecular weight excluding hydrogens is 396 g/mol. The average molecular weight is 421 g/mol. The van der Waals surface area contributed by atoms with Gasteiger partial charge in [0.1, 0.15) is 0 Å². The van der Waals surface area contributed by atoms with Gasteiger partial charge in [0.05, 0.1) is 10.6 Å². The van der Waals surface area contributed by atoms with Crippen LogP contribution in [0.15, 0.2) is 71.6 Å². The maximum atomic E-state index is 13.4. The Morgan fingerprint density at radius 3 is 2.57 bits per heavy atom. The lowest BCUT2D eigenvalue weighted by molar-refractivity contribution is 0.102. The van der Waals surface area contributed by atoms with Crippen molar-refractivity contribution in [3.05, 3.63) is 89.0 Å². The number of carbonyl (C=O) groups is 1. The van der Waals surface area contributed by atoms with Crippen LogP contribution < -0.4 is 9.62 Å².